The van der Waals surface area contributed by atoms with Crippen molar-refractivity contribution >= 4 is 27.5 Å². The predicted molar refractivity (Wildman–Crippen MR) is 147 cm³/mol. The van der Waals surface area contributed by atoms with Gasteiger partial charge in [0.1, 0.15) is 12.6 Å². The summed E-state index contributed by atoms with van der Waals surface area (Å²) in [6, 6.07) is 22.5. The first-order valence-corrected chi connectivity index (χ1v) is 13.8. The van der Waals surface area contributed by atoms with E-state index in [1.807, 2.05) is 57.2 Å². The lowest BCUT2D eigenvalue weighted by atomic mass is 10.1. The fraction of sp³-hybridized carbons (Fsp3) is 0.310. The molecule has 0 saturated carbocycles. The van der Waals surface area contributed by atoms with Crippen molar-refractivity contribution in [2.24, 2.45) is 0 Å². The Morgan fingerprint density at radius 3 is 2.00 bits per heavy atom. The van der Waals surface area contributed by atoms with Gasteiger partial charge in [-0.2, -0.15) is 0 Å². The van der Waals surface area contributed by atoms with Gasteiger partial charge in [-0.25, -0.2) is 8.42 Å². The van der Waals surface area contributed by atoms with E-state index in [1.54, 1.807) is 30.3 Å². The van der Waals surface area contributed by atoms with Crippen LogP contribution in [0.15, 0.2) is 83.8 Å². The minimum absolute atomic E-state index is 0.0936. The van der Waals surface area contributed by atoms with Crippen LogP contribution < -0.4 is 9.62 Å². The number of hydrogen-bond acceptors (Lipinski definition) is 4. The monoisotopic (exact) mass is 521 g/mol. The van der Waals surface area contributed by atoms with Gasteiger partial charge in [0.25, 0.3) is 10.0 Å². The summed E-state index contributed by atoms with van der Waals surface area (Å²) in [6.07, 6.45) is 0.935. The molecule has 3 aromatic rings. The first kappa shape index (κ1) is 27.9. The molecule has 0 aromatic heterocycles. The molecule has 0 saturated heterocycles. The fourth-order valence-corrected chi connectivity index (χ4v) is 5.82. The zero-order chi connectivity index (χ0) is 27.0. The molecule has 0 aliphatic rings. The van der Waals surface area contributed by atoms with Gasteiger partial charge in [0.15, 0.2) is 0 Å². The Morgan fingerprint density at radius 2 is 1.46 bits per heavy atom. The first-order valence-electron chi connectivity index (χ1n) is 12.4. The van der Waals surface area contributed by atoms with Gasteiger partial charge in [0, 0.05) is 13.6 Å². The van der Waals surface area contributed by atoms with Crippen LogP contribution in [0.2, 0.25) is 0 Å². The zero-order valence-corrected chi connectivity index (χ0v) is 22.7. The molecule has 7 nitrogen and oxygen atoms in total. The summed E-state index contributed by atoms with van der Waals surface area (Å²) in [5.74, 6) is -0.724. The smallest absolute Gasteiger partial charge is 0.264 e. The molecule has 1 atom stereocenters. The van der Waals surface area contributed by atoms with Gasteiger partial charge in [-0.1, -0.05) is 61.5 Å². The zero-order valence-electron chi connectivity index (χ0n) is 21.8. The highest BCUT2D eigenvalue weighted by Crippen LogP contribution is 2.26. The summed E-state index contributed by atoms with van der Waals surface area (Å²) in [7, 11) is -2.52. The number of likely N-dealkylation sites (N-methyl/N-ethyl adjacent to an activating group) is 1. The second kappa shape index (κ2) is 12.5. The normalized spacial score (nSPS) is 12.0. The van der Waals surface area contributed by atoms with Crippen molar-refractivity contribution in [2.45, 2.75) is 44.6 Å². The third kappa shape index (κ3) is 6.98. The topological polar surface area (TPSA) is 86.8 Å². The Morgan fingerprint density at radius 1 is 0.892 bits per heavy atom. The predicted octanol–water partition coefficient (Wildman–Crippen LogP) is 4.09. The molecule has 0 unspecified atom stereocenters. The fourth-order valence-electron chi connectivity index (χ4n) is 4.41. The van der Waals surface area contributed by atoms with Gasteiger partial charge in [0.2, 0.25) is 11.8 Å². The average Bonchev–Trinajstić information content (AvgIpc) is 2.89. The summed E-state index contributed by atoms with van der Waals surface area (Å²) in [5, 5.41) is 2.64. The van der Waals surface area contributed by atoms with Crippen molar-refractivity contribution in [3.63, 3.8) is 0 Å². The van der Waals surface area contributed by atoms with Crippen molar-refractivity contribution in [3.05, 3.63) is 95.6 Å². The van der Waals surface area contributed by atoms with E-state index >= 15 is 0 Å². The molecule has 0 aliphatic heterocycles. The van der Waals surface area contributed by atoms with Gasteiger partial charge in [0.05, 0.1) is 10.6 Å². The number of aryl methyl sites for hydroxylation is 2. The van der Waals surface area contributed by atoms with Crippen LogP contribution in [0.1, 0.15) is 30.0 Å². The Hall–Kier alpha value is -3.65. The number of amides is 2. The van der Waals surface area contributed by atoms with Crippen molar-refractivity contribution in [1.29, 1.82) is 0 Å². The van der Waals surface area contributed by atoms with Gasteiger partial charge >= 0.3 is 0 Å². The highest BCUT2D eigenvalue weighted by molar-refractivity contribution is 7.92. The number of anilines is 1. The standard InChI is InChI=1S/C29H35N3O4S/c1-5-27(29(34)30-4)31(17-16-24-12-8-6-9-13-24)28(33)21-32(25-19-22(2)18-23(3)20-25)37(35,36)26-14-10-7-11-15-26/h6-15,18-20,27H,5,16-17,21H2,1-4H3,(H,30,34)/t27-/m1/s1. The van der Waals surface area contributed by atoms with Crippen molar-refractivity contribution in [3.8, 4) is 0 Å². The number of rotatable bonds is 11. The van der Waals surface area contributed by atoms with Gasteiger partial charge in [-0.05, 0) is 67.6 Å². The van der Waals surface area contributed by atoms with E-state index in [0.717, 1.165) is 21.0 Å². The van der Waals surface area contributed by atoms with Crippen LogP contribution in [0.4, 0.5) is 5.69 Å². The second-order valence-electron chi connectivity index (χ2n) is 9.03. The van der Waals surface area contributed by atoms with E-state index < -0.39 is 28.5 Å². The second-order valence-corrected chi connectivity index (χ2v) is 10.9. The SMILES string of the molecule is CC[C@H](C(=O)NC)N(CCc1ccccc1)C(=O)CN(c1cc(C)cc(C)c1)S(=O)(=O)c1ccccc1. The maximum absolute atomic E-state index is 13.9. The molecular weight excluding hydrogens is 486 g/mol. The molecule has 3 rings (SSSR count). The Labute approximate surface area is 220 Å². The Bertz CT molecular complexity index is 1290. The van der Waals surface area contributed by atoms with E-state index in [-0.39, 0.29) is 17.3 Å². The molecule has 3 aromatic carbocycles. The first-order chi connectivity index (χ1) is 17.7. The molecule has 8 heteroatoms. The van der Waals surface area contributed by atoms with Crippen LogP contribution >= 0.6 is 0 Å². The van der Waals surface area contributed by atoms with E-state index in [2.05, 4.69) is 5.32 Å². The highest BCUT2D eigenvalue weighted by atomic mass is 32.2. The quantitative estimate of drug-likeness (QED) is 0.412. The largest absolute Gasteiger partial charge is 0.357 e. The van der Waals surface area contributed by atoms with Crippen LogP contribution in [-0.4, -0.2) is 51.3 Å². The van der Waals surface area contributed by atoms with Crippen LogP contribution in [0.25, 0.3) is 0 Å². The molecule has 0 spiro atoms. The third-order valence-electron chi connectivity index (χ3n) is 6.22. The summed E-state index contributed by atoms with van der Waals surface area (Å²) < 4.78 is 28.7. The minimum Gasteiger partial charge on any atom is -0.357 e. The van der Waals surface area contributed by atoms with Crippen LogP contribution in [0, 0.1) is 13.8 Å². The number of carbonyl (C=O) groups is 2. The summed E-state index contributed by atoms with van der Waals surface area (Å²) in [4.78, 5) is 28.2. The molecule has 0 fully saturated rings. The molecule has 0 bridgehead atoms. The van der Waals surface area contributed by atoms with Crippen LogP contribution in [0.5, 0.6) is 0 Å². The van der Waals surface area contributed by atoms with Crippen LogP contribution in [0.3, 0.4) is 0 Å². The number of carbonyl (C=O) groups excluding carboxylic acids is 2. The average molecular weight is 522 g/mol. The summed E-state index contributed by atoms with van der Waals surface area (Å²) >= 11 is 0. The summed E-state index contributed by atoms with van der Waals surface area (Å²) in [6.45, 7) is 5.46. The third-order valence-corrected chi connectivity index (χ3v) is 8.01. The minimum atomic E-state index is -4.06. The summed E-state index contributed by atoms with van der Waals surface area (Å²) in [5.41, 5.74) is 3.20. The molecule has 196 valence electrons. The van der Waals surface area contributed by atoms with E-state index in [0.29, 0.717) is 18.5 Å². The number of sulfonamides is 1. The Kier molecular flexibility index (Phi) is 9.47. The lowest BCUT2D eigenvalue weighted by molar-refractivity contribution is -0.139. The van der Waals surface area contributed by atoms with Gasteiger partial charge in [-0.15, -0.1) is 0 Å². The maximum Gasteiger partial charge on any atom is 0.264 e. The number of nitrogens with one attached hydrogen (secondary N) is 1. The molecule has 0 aliphatic carbocycles. The van der Waals surface area contributed by atoms with E-state index in [9.17, 15) is 18.0 Å². The van der Waals surface area contributed by atoms with Gasteiger partial charge in [-0.3, -0.25) is 13.9 Å². The van der Waals surface area contributed by atoms with Crippen molar-refractivity contribution < 1.29 is 18.0 Å². The Balaban J connectivity index is 2.02. The lowest BCUT2D eigenvalue weighted by Gasteiger charge is -2.33. The van der Waals surface area contributed by atoms with Gasteiger partial charge < -0.3 is 10.2 Å². The molecule has 0 radical (unpaired) electrons. The van der Waals surface area contributed by atoms with E-state index in [4.69, 9.17) is 0 Å². The van der Waals surface area contributed by atoms with Crippen LogP contribution in [-0.2, 0) is 26.0 Å². The number of benzene rings is 3. The van der Waals surface area contributed by atoms with Crippen molar-refractivity contribution in [2.75, 3.05) is 24.4 Å². The molecular formula is C29H35N3O4S. The molecule has 1 N–H and O–H groups in total. The van der Waals surface area contributed by atoms with E-state index in [1.165, 1.54) is 24.1 Å². The maximum atomic E-state index is 13.9. The molecule has 0 heterocycles. The number of nitrogens with zero attached hydrogens (tertiary/aromatic N) is 2. The highest BCUT2D eigenvalue weighted by Gasteiger charge is 2.33. The number of hydrogen-bond donors (Lipinski definition) is 1. The molecule has 2 amide bonds. The lowest BCUT2D eigenvalue weighted by Crippen LogP contribution is -2.52. The molecule has 37 heavy (non-hydrogen) atoms. The van der Waals surface area contributed by atoms with Crippen molar-refractivity contribution in [1.82, 2.24) is 10.2 Å².